The second-order valence-electron chi connectivity index (χ2n) is 8.05. The predicted molar refractivity (Wildman–Crippen MR) is 140 cm³/mol. The van der Waals surface area contributed by atoms with Gasteiger partial charge in [-0.15, -0.1) is 5.10 Å². The molecule has 0 aliphatic carbocycles. The van der Waals surface area contributed by atoms with Gasteiger partial charge in [-0.3, -0.25) is 9.69 Å². The van der Waals surface area contributed by atoms with E-state index in [4.69, 9.17) is 9.47 Å². The number of hydrogen-bond acceptors (Lipinski definition) is 6. The van der Waals surface area contributed by atoms with E-state index >= 15 is 0 Å². The summed E-state index contributed by atoms with van der Waals surface area (Å²) in [6.07, 6.45) is 4.56. The Balaban J connectivity index is 1.61. The van der Waals surface area contributed by atoms with E-state index in [2.05, 4.69) is 41.4 Å². The van der Waals surface area contributed by atoms with E-state index in [1.807, 2.05) is 36.4 Å². The first-order valence-electron chi connectivity index (χ1n) is 11.4. The van der Waals surface area contributed by atoms with Crippen molar-refractivity contribution in [3.63, 3.8) is 0 Å². The molecule has 0 N–H and O–H groups in total. The number of nitrogens with zero attached hydrogens (tertiary/aromatic N) is 3. The van der Waals surface area contributed by atoms with E-state index in [0.29, 0.717) is 23.2 Å². The molecule has 1 amide bonds. The normalized spacial score (nSPS) is 17.3. The summed E-state index contributed by atoms with van der Waals surface area (Å²) in [5.41, 5.74) is 1.93. The minimum atomic E-state index is -0.120. The number of fused-ring (bicyclic) bond motifs is 1. The van der Waals surface area contributed by atoms with Crippen molar-refractivity contribution < 1.29 is 14.3 Å². The van der Waals surface area contributed by atoms with E-state index in [1.165, 1.54) is 11.8 Å². The van der Waals surface area contributed by atoms with Gasteiger partial charge in [0.25, 0.3) is 0 Å². The van der Waals surface area contributed by atoms with E-state index in [-0.39, 0.29) is 11.2 Å². The van der Waals surface area contributed by atoms with Gasteiger partial charge in [0, 0.05) is 0 Å². The highest BCUT2D eigenvalue weighted by molar-refractivity contribution is 8.15. The number of unbranched alkanes of at least 4 members (excludes halogenated alkanes) is 1. The van der Waals surface area contributed by atoms with Crippen LogP contribution in [0.1, 0.15) is 37.3 Å². The molecule has 1 saturated heterocycles. The Hall–Kier alpha value is -3.32. The molecular formula is C27H29N3O3S. The Morgan fingerprint density at radius 2 is 1.82 bits per heavy atom. The summed E-state index contributed by atoms with van der Waals surface area (Å²) in [4.78, 5) is 15.1. The maximum Gasteiger partial charge on any atom is 0.242 e. The second-order valence-corrected chi connectivity index (χ2v) is 9.22. The number of amides is 1. The van der Waals surface area contributed by atoms with Gasteiger partial charge < -0.3 is 9.47 Å². The summed E-state index contributed by atoms with van der Waals surface area (Å²) >= 11 is 1.51. The first-order chi connectivity index (χ1) is 16.6. The molecule has 0 radical (unpaired) electrons. The minimum absolute atomic E-state index is 0.103. The van der Waals surface area contributed by atoms with E-state index in [9.17, 15) is 4.79 Å². The van der Waals surface area contributed by atoms with Gasteiger partial charge in [-0.05, 0) is 46.5 Å². The summed E-state index contributed by atoms with van der Waals surface area (Å²) in [5.74, 6) is 1.39. The molecule has 3 aromatic carbocycles. The van der Waals surface area contributed by atoms with Crippen LogP contribution in [0, 0.1) is 0 Å². The molecule has 1 aliphatic rings. The summed E-state index contributed by atoms with van der Waals surface area (Å²) in [6.45, 7) is 2.61. The van der Waals surface area contributed by atoms with Crippen molar-refractivity contribution in [1.82, 2.24) is 4.90 Å². The second kappa shape index (κ2) is 11.2. The van der Waals surface area contributed by atoms with Crippen molar-refractivity contribution in [2.45, 2.75) is 38.0 Å². The lowest BCUT2D eigenvalue weighted by molar-refractivity contribution is -0.126. The highest BCUT2D eigenvalue weighted by Crippen LogP contribution is 2.33. The van der Waals surface area contributed by atoms with Crippen LogP contribution >= 0.6 is 11.8 Å². The quantitative estimate of drug-likeness (QED) is 0.286. The Morgan fingerprint density at radius 3 is 2.62 bits per heavy atom. The Bertz CT molecular complexity index is 1220. The van der Waals surface area contributed by atoms with Crippen LogP contribution in [0.5, 0.6) is 11.5 Å². The maximum atomic E-state index is 13.3. The topological polar surface area (TPSA) is 63.5 Å². The van der Waals surface area contributed by atoms with Crippen LogP contribution < -0.4 is 9.47 Å². The van der Waals surface area contributed by atoms with Crippen LogP contribution in [0.2, 0.25) is 0 Å². The molecule has 34 heavy (non-hydrogen) atoms. The molecule has 1 unspecified atom stereocenters. The summed E-state index contributed by atoms with van der Waals surface area (Å²) in [5, 5.41) is 11.6. The van der Waals surface area contributed by atoms with Crippen LogP contribution in [0.3, 0.4) is 0 Å². The molecule has 176 valence electrons. The molecule has 0 bridgehead atoms. The number of carbonyl (C=O) groups is 1. The lowest BCUT2D eigenvalue weighted by Gasteiger charge is -2.17. The zero-order valence-corrected chi connectivity index (χ0v) is 20.5. The zero-order valence-electron chi connectivity index (χ0n) is 19.7. The molecular weight excluding hydrogens is 446 g/mol. The standard InChI is InChI=1S/C27H29N3O3S/c1-4-5-13-25-26(31)30(18-21-11-8-10-20-9-6-7-12-22(20)21)27(34-25)29-28-17-19-14-15-23(32-2)24(16-19)33-3/h6-12,14-17,25H,4-5,13,18H2,1-3H3/b28-17+,29-27-. The van der Waals surface area contributed by atoms with Gasteiger partial charge in [0.2, 0.25) is 5.91 Å². The summed E-state index contributed by atoms with van der Waals surface area (Å²) < 4.78 is 10.7. The number of carbonyl (C=O) groups excluding carboxylic acids is 1. The maximum absolute atomic E-state index is 13.3. The average molecular weight is 476 g/mol. The van der Waals surface area contributed by atoms with Gasteiger partial charge in [-0.2, -0.15) is 5.10 Å². The van der Waals surface area contributed by atoms with Crippen molar-refractivity contribution in [1.29, 1.82) is 0 Å². The van der Waals surface area contributed by atoms with Crippen molar-refractivity contribution in [2.75, 3.05) is 14.2 Å². The monoisotopic (exact) mass is 475 g/mol. The van der Waals surface area contributed by atoms with Crippen LogP contribution in [0.4, 0.5) is 0 Å². The third-order valence-corrected chi connectivity index (χ3v) is 7.04. The first-order valence-corrected chi connectivity index (χ1v) is 12.3. The molecule has 6 nitrogen and oxygen atoms in total. The Labute approximate surface area is 204 Å². The fraction of sp³-hybridized carbons (Fsp3) is 0.296. The number of benzene rings is 3. The van der Waals surface area contributed by atoms with Crippen LogP contribution in [0.15, 0.2) is 70.9 Å². The van der Waals surface area contributed by atoms with Crippen LogP contribution in [0.25, 0.3) is 10.8 Å². The molecule has 1 atom stereocenters. The van der Waals surface area contributed by atoms with Gasteiger partial charge in [0.15, 0.2) is 16.7 Å². The van der Waals surface area contributed by atoms with Crippen molar-refractivity contribution in [3.8, 4) is 11.5 Å². The molecule has 3 aromatic rings. The highest BCUT2D eigenvalue weighted by Gasteiger charge is 2.37. The molecule has 7 heteroatoms. The zero-order chi connectivity index (χ0) is 23.9. The smallest absolute Gasteiger partial charge is 0.242 e. The predicted octanol–water partition coefficient (Wildman–Crippen LogP) is 5.88. The van der Waals surface area contributed by atoms with Gasteiger partial charge in [-0.1, -0.05) is 74.0 Å². The third kappa shape index (κ3) is 5.25. The summed E-state index contributed by atoms with van der Waals surface area (Å²) in [7, 11) is 3.20. The van der Waals surface area contributed by atoms with Gasteiger partial charge in [0.1, 0.15) is 0 Å². The van der Waals surface area contributed by atoms with Gasteiger partial charge >= 0.3 is 0 Å². The summed E-state index contributed by atoms with van der Waals surface area (Å²) in [6, 6.07) is 20.0. The molecule has 1 fully saturated rings. The van der Waals surface area contributed by atoms with Gasteiger partial charge in [0.05, 0.1) is 32.2 Å². The molecule has 1 aliphatic heterocycles. The number of amidine groups is 1. The third-order valence-electron chi connectivity index (χ3n) is 5.81. The number of hydrogen-bond donors (Lipinski definition) is 0. The van der Waals surface area contributed by atoms with Crippen LogP contribution in [-0.4, -0.2) is 41.7 Å². The van der Waals surface area contributed by atoms with Crippen molar-refractivity contribution in [2.24, 2.45) is 10.2 Å². The van der Waals surface area contributed by atoms with Crippen molar-refractivity contribution >= 4 is 39.8 Å². The SMILES string of the molecule is CCCCC1S/C(=N\N=C\c2ccc(OC)c(OC)c2)N(Cc2cccc3ccccc23)C1=O. The van der Waals surface area contributed by atoms with Gasteiger partial charge in [-0.25, -0.2) is 0 Å². The largest absolute Gasteiger partial charge is 0.493 e. The average Bonchev–Trinajstić information content (AvgIpc) is 3.16. The number of rotatable bonds is 9. The fourth-order valence-corrected chi connectivity index (χ4v) is 5.13. The molecule has 0 spiro atoms. The molecule has 0 aromatic heterocycles. The molecule has 0 saturated carbocycles. The van der Waals surface area contributed by atoms with E-state index < -0.39 is 0 Å². The Kier molecular flexibility index (Phi) is 7.85. The Morgan fingerprint density at radius 1 is 1.03 bits per heavy atom. The van der Waals surface area contributed by atoms with E-state index in [1.54, 1.807) is 25.3 Å². The molecule has 4 rings (SSSR count). The van der Waals surface area contributed by atoms with Crippen LogP contribution in [-0.2, 0) is 11.3 Å². The lowest BCUT2D eigenvalue weighted by Crippen LogP contribution is -2.31. The number of thioether (sulfide) groups is 1. The van der Waals surface area contributed by atoms with E-state index in [0.717, 1.165) is 41.2 Å². The fourth-order valence-electron chi connectivity index (χ4n) is 3.98. The number of ether oxygens (including phenoxy) is 2. The van der Waals surface area contributed by atoms with Crippen molar-refractivity contribution in [3.05, 3.63) is 71.8 Å². The highest BCUT2D eigenvalue weighted by atomic mass is 32.2. The first kappa shape index (κ1) is 23.8. The lowest BCUT2D eigenvalue weighted by atomic mass is 10.0. The molecule has 1 heterocycles. The number of methoxy groups -OCH3 is 2. The minimum Gasteiger partial charge on any atom is -0.493 e.